The normalized spacial score (nSPS) is 9.43. The van der Waals surface area contributed by atoms with Crippen LogP contribution in [0.25, 0.3) is 0 Å². The molecule has 0 aliphatic carbocycles. The van der Waals surface area contributed by atoms with Gasteiger partial charge in [-0.2, -0.15) is 12.6 Å². The van der Waals surface area contributed by atoms with E-state index >= 15 is 0 Å². The minimum Gasteiger partial charge on any atom is -0.205 e. The topological polar surface area (TPSA) is 0 Å². The van der Waals surface area contributed by atoms with Gasteiger partial charge >= 0.3 is 0 Å². The Morgan fingerprint density at radius 1 is 1.29 bits per heavy atom. The van der Waals surface area contributed by atoms with E-state index in [0.29, 0.717) is 12.2 Å². The van der Waals surface area contributed by atoms with E-state index in [0.717, 1.165) is 12.1 Å². The zero-order valence-electron chi connectivity index (χ0n) is 7.15. The summed E-state index contributed by atoms with van der Waals surface area (Å²) >= 11 is 9.25. The molecule has 74 valence electrons. The molecule has 0 saturated carbocycles. The molecule has 0 atom stereocenters. The maximum Gasteiger partial charge on any atom is 0.146 e. The third kappa shape index (κ3) is 2.90. The molecule has 0 radical (unpaired) electrons. The third-order valence-corrected chi connectivity index (χ3v) is 2.04. The summed E-state index contributed by atoms with van der Waals surface area (Å²) < 4.78 is 25.8. The van der Waals surface area contributed by atoms with Gasteiger partial charge in [0.2, 0.25) is 0 Å². The van der Waals surface area contributed by atoms with E-state index in [-0.39, 0.29) is 5.56 Å². The summed E-state index contributed by atoms with van der Waals surface area (Å²) in [5.74, 6) is 4.38. The van der Waals surface area contributed by atoms with Crippen LogP contribution < -0.4 is 0 Å². The van der Waals surface area contributed by atoms with Gasteiger partial charge in [0.25, 0.3) is 0 Å². The molecule has 4 heteroatoms. The molecule has 0 fully saturated rings. The Hall–Kier alpha value is -0.720. The van der Waals surface area contributed by atoms with Crippen molar-refractivity contribution in [2.45, 2.75) is 6.42 Å². The van der Waals surface area contributed by atoms with Crippen LogP contribution in [-0.2, 0) is 0 Å². The Bertz CT molecular complexity index is 370. The lowest BCUT2D eigenvalue weighted by Crippen LogP contribution is -1.86. The molecule has 1 aromatic carbocycles. The molecule has 0 amide bonds. The predicted molar refractivity (Wildman–Crippen MR) is 56.7 cm³/mol. The van der Waals surface area contributed by atoms with E-state index in [1.165, 1.54) is 0 Å². The highest BCUT2D eigenvalue weighted by Crippen LogP contribution is 2.19. The lowest BCUT2D eigenvalue weighted by Gasteiger charge is -1.96. The van der Waals surface area contributed by atoms with Crippen molar-refractivity contribution in [3.63, 3.8) is 0 Å². The number of thiol groups is 1. The van der Waals surface area contributed by atoms with Crippen molar-refractivity contribution in [2.24, 2.45) is 0 Å². The Balaban J connectivity index is 2.97. The van der Waals surface area contributed by atoms with Crippen molar-refractivity contribution in [1.82, 2.24) is 0 Å². The van der Waals surface area contributed by atoms with Crippen LogP contribution in [0.2, 0.25) is 5.02 Å². The second-order valence-corrected chi connectivity index (χ2v) is 3.35. The minimum atomic E-state index is -0.790. The molecule has 0 aliphatic rings. The fourth-order valence-electron chi connectivity index (χ4n) is 0.848. The highest BCUT2D eigenvalue weighted by molar-refractivity contribution is 7.80. The Morgan fingerprint density at radius 2 is 1.86 bits per heavy atom. The summed E-state index contributed by atoms with van der Waals surface area (Å²) in [6, 6.07) is 2.22. The van der Waals surface area contributed by atoms with Crippen LogP contribution in [0.15, 0.2) is 12.1 Å². The monoisotopic (exact) mass is 232 g/mol. The first-order chi connectivity index (χ1) is 6.65. The molecule has 0 unspecified atom stereocenters. The molecule has 0 aliphatic heterocycles. The molecule has 0 nitrogen and oxygen atoms in total. The average Bonchev–Trinajstić information content (AvgIpc) is 2.14. The number of rotatable bonds is 1. The second-order valence-electron chi connectivity index (χ2n) is 2.53. The van der Waals surface area contributed by atoms with Gasteiger partial charge in [-0.1, -0.05) is 23.4 Å². The number of hydrogen-bond donors (Lipinski definition) is 1. The van der Waals surface area contributed by atoms with Crippen molar-refractivity contribution < 1.29 is 8.78 Å². The van der Waals surface area contributed by atoms with Gasteiger partial charge in [-0.05, 0) is 12.1 Å². The van der Waals surface area contributed by atoms with Crippen LogP contribution in [0.5, 0.6) is 0 Å². The maximum atomic E-state index is 12.9. The molecule has 0 spiro atoms. The quantitative estimate of drug-likeness (QED) is 0.429. The number of hydrogen-bond acceptors (Lipinski definition) is 1. The summed E-state index contributed by atoms with van der Waals surface area (Å²) in [7, 11) is 0. The molecule has 0 heterocycles. The zero-order valence-corrected chi connectivity index (χ0v) is 8.80. The van der Waals surface area contributed by atoms with Crippen LogP contribution in [0.4, 0.5) is 8.78 Å². The summed E-state index contributed by atoms with van der Waals surface area (Å²) in [5, 5.41) is -0.496. The molecule has 0 N–H and O–H groups in total. The first-order valence-corrected chi connectivity index (χ1v) is 4.90. The third-order valence-electron chi connectivity index (χ3n) is 1.45. The van der Waals surface area contributed by atoms with Gasteiger partial charge in [0, 0.05) is 17.7 Å². The lowest BCUT2D eigenvalue weighted by atomic mass is 10.2. The first-order valence-electron chi connectivity index (χ1n) is 3.89. The Morgan fingerprint density at radius 3 is 2.36 bits per heavy atom. The van der Waals surface area contributed by atoms with Gasteiger partial charge < -0.3 is 0 Å². The van der Waals surface area contributed by atoms with Gasteiger partial charge in [0.1, 0.15) is 16.7 Å². The molecule has 1 rings (SSSR count). The summed E-state index contributed by atoms with van der Waals surface area (Å²) in [4.78, 5) is 0. The van der Waals surface area contributed by atoms with Crippen LogP contribution in [0, 0.1) is 23.5 Å². The van der Waals surface area contributed by atoms with E-state index in [9.17, 15) is 8.78 Å². The number of benzene rings is 1. The van der Waals surface area contributed by atoms with Crippen LogP contribution in [0.1, 0.15) is 12.0 Å². The largest absolute Gasteiger partial charge is 0.205 e. The van der Waals surface area contributed by atoms with Crippen LogP contribution in [-0.4, -0.2) is 5.75 Å². The molecular weight excluding hydrogens is 226 g/mol. The highest BCUT2D eigenvalue weighted by Gasteiger charge is 2.06. The number of halogens is 3. The molecular formula is C10H7ClF2S. The van der Waals surface area contributed by atoms with Crippen molar-refractivity contribution in [3.05, 3.63) is 34.4 Å². The van der Waals surface area contributed by atoms with Gasteiger partial charge in [-0.25, -0.2) is 8.78 Å². The first kappa shape index (κ1) is 11.4. The zero-order chi connectivity index (χ0) is 10.6. The Labute approximate surface area is 91.7 Å². The highest BCUT2D eigenvalue weighted by atomic mass is 35.5. The fraction of sp³-hybridized carbons (Fsp3) is 0.200. The summed E-state index contributed by atoms with van der Waals surface area (Å²) in [6.07, 6.45) is 0.578. The van der Waals surface area contributed by atoms with Gasteiger partial charge in [-0.3, -0.25) is 0 Å². The summed E-state index contributed by atoms with van der Waals surface area (Å²) in [6.45, 7) is 0. The van der Waals surface area contributed by atoms with E-state index in [2.05, 4.69) is 24.5 Å². The van der Waals surface area contributed by atoms with Crippen LogP contribution >= 0.6 is 24.2 Å². The standard InChI is InChI=1S/C10H7ClF2S/c11-10-8(12)5-7(6-9(10)13)3-1-2-4-14/h5-6,14H,2,4H2. The average molecular weight is 233 g/mol. The van der Waals surface area contributed by atoms with Crippen LogP contribution in [0.3, 0.4) is 0 Å². The second kappa shape index (κ2) is 5.23. The molecule has 0 saturated heterocycles. The van der Waals surface area contributed by atoms with Crippen molar-refractivity contribution in [2.75, 3.05) is 5.75 Å². The molecule has 0 aromatic heterocycles. The molecule has 0 bridgehead atoms. The van der Waals surface area contributed by atoms with Crippen molar-refractivity contribution in [1.29, 1.82) is 0 Å². The van der Waals surface area contributed by atoms with E-state index in [1.54, 1.807) is 0 Å². The minimum absolute atomic E-state index is 0.284. The SMILES string of the molecule is Fc1cc(C#CCCS)cc(F)c1Cl. The Kier molecular flexibility index (Phi) is 4.24. The predicted octanol–water partition coefficient (Wildman–Crippen LogP) is 3.29. The van der Waals surface area contributed by atoms with Gasteiger partial charge in [0.15, 0.2) is 0 Å². The van der Waals surface area contributed by atoms with Crippen molar-refractivity contribution >= 4 is 24.2 Å². The van der Waals surface area contributed by atoms with Crippen molar-refractivity contribution in [3.8, 4) is 11.8 Å². The van der Waals surface area contributed by atoms with Gasteiger partial charge in [-0.15, -0.1) is 0 Å². The molecule has 1 aromatic rings. The molecule has 14 heavy (non-hydrogen) atoms. The fourth-order valence-corrected chi connectivity index (χ4v) is 1.07. The maximum absolute atomic E-state index is 12.9. The van der Waals surface area contributed by atoms with Gasteiger partial charge in [0.05, 0.1) is 0 Å². The smallest absolute Gasteiger partial charge is 0.146 e. The summed E-state index contributed by atoms with van der Waals surface area (Å²) in [5.41, 5.74) is 0.284. The van der Waals surface area contributed by atoms with E-state index < -0.39 is 16.7 Å². The van der Waals surface area contributed by atoms with E-state index in [1.807, 2.05) is 0 Å². The lowest BCUT2D eigenvalue weighted by molar-refractivity contribution is 0.583. The van der Waals surface area contributed by atoms with E-state index in [4.69, 9.17) is 11.6 Å².